The monoisotopic (exact) mass is 328 g/mol. The molecule has 0 unspecified atom stereocenters. The highest BCUT2D eigenvalue weighted by Gasteiger charge is 2.05. The van der Waals surface area contributed by atoms with Crippen LogP contribution in [0.15, 0.2) is 41.3 Å². The topological polar surface area (TPSA) is 88.7 Å². The highest BCUT2D eigenvalue weighted by atomic mass is 32.2. The first-order valence-electron chi connectivity index (χ1n) is 6.54. The molecule has 22 heavy (non-hydrogen) atoms. The molecule has 4 nitrogen and oxygen atoms in total. The van der Waals surface area contributed by atoms with Crippen molar-refractivity contribution in [2.45, 2.75) is 18.7 Å². The zero-order valence-electron chi connectivity index (χ0n) is 12.3. The maximum absolute atomic E-state index is 8.60. The lowest BCUT2D eigenvalue weighted by molar-refractivity contribution is 1.33. The number of nitrogen functional groups attached to an aromatic ring is 2. The van der Waals surface area contributed by atoms with Gasteiger partial charge in [-0.05, 0) is 61.0 Å². The summed E-state index contributed by atoms with van der Waals surface area (Å²) in [6.07, 6.45) is 0. The van der Waals surface area contributed by atoms with Crippen LogP contribution in [0.25, 0.3) is 10.2 Å². The van der Waals surface area contributed by atoms with Crippen molar-refractivity contribution in [1.82, 2.24) is 4.98 Å². The molecule has 112 valence electrons. The lowest BCUT2D eigenvalue weighted by atomic mass is 10.2. The van der Waals surface area contributed by atoms with Gasteiger partial charge in [-0.3, -0.25) is 0 Å². The largest absolute Gasteiger partial charge is 0.399 e. The van der Waals surface area contributed by atoms with E-state index in [0.717, 1.165) is 26.4 Å². The van der Waals surface area contributed by atoms with E-state index >= 15 is 0 Å². The van der Waals surface area contributed by atoms with Crippen molar-refractivity contribution in [2.24, 2.45) is 0 Å². The second-order valence-electron chi connectivity index (χ2n) is 4.75. The normalized spacial score (nSPS) is 9.86. The van der Waals surface area contributed by atoms with Gasteiger partial charge in [-0.1, -0.05) is 23.5 Å². The van der Waals surface area contributed by atoms with Gasteiger partial charge in [0.25, 0.3) is 0 Å². The maximum atomic E-state index is 8.60. The molecule has 1 heterocycles. The molecule has 0 fully saturated rings. The fourth-order valence-corrected chi connectivity index (χ4v) is 3.23. The third kappa shape index (κ3) is 4.13. The van der Waals surface area contributed by atoms with Gasteiger partial charge < -0.3 is 11.5 Å². The van der Waals surface area contributed by atoms with Crippen LogP contribution in [0.1, 0.15) is 11.1 Å². The van der Waals surface area contributed by atoms with Gasteiger partial charge in [0, 0.05) is 10.6 Å². The van der Waals surface area contributed by atoms with Gasteiger partial charge in [0.05, 0.1) is 10.2 Å². The molecule has 0 aliphatic heterocycles. The summed E-state index contributed by atoms with van der Waals surface area (Å²) < 4.78 is 1.03. The van der Waals surface area contributed by atoms with Gasteiger partial charge in [0.2, 0.25) is 0 Å². The van der Waals surface area contributed by atoms with Crippen molar-refractivity contribution >= 4 is 44.1 Å². The average Bonchev–Trinajstić information content (AvgIpc) is 2.79. The van der Waals surface area contributed by atoms with Crippen molar-refractivity contribution in [2.75, 3.05) is 11.5 Å². The molecule has 0 aliphatic rings. The van der Waals surface area contributed by atoms with Gasteiger partial charge in [0.1, 0.15) is 5.40 Å². The Morgan fingerprint density at radius 2 is 1.95 bits per heavy atom. The minimum atomic E-state index is 0.568. The van der Waals surface area contributed by atoms with Crippen molar-refractivity contribution < 1.29 is 0 Å². The van der Waals surface area contributed by atoms with E-state index in [2.05, 4.69) is 10.4 Å². The summed E-state index contributed by atoms with van der Waals surface area (Å²) in [7, 11) is 0. The van der Waals surface area contributed by atoms with Gasteiger partial charge in [-0.25, -0.2) is 4.98 Å². The second-order valence-corrected chi connectivity index (χ2v) is 6.63. The molecular formula is C16H16N4S2. The van der Waals surface area contributed by atoms with E-state index in [1.54, 1.807) is 0 Å². The van der Waals surface area contributed by atoms with Gasteiger partial charge in [0.15, 0.2) is 5.13 Å². The van der Waals surface area contributed by atoms with Gasteiger partial charge >= 0.3 is 0 Å². The molecule has 0 bridgehead atoms. The van der Waals surface area contributed by atoms with Crippen molar-refractivity contribution in [3.8, 4) is 5.40 Å². The van der Waals surface area contributed by atoms with Crippen molar-refractivity contribution in [3.05, 3.63) is 47.5 Å². The first-order valence-corrected chi connectivity index (χ1v) is 8.17. The number of nitrogens with two attached hydrogens (primary N) is 2. The molecule has 3 aromatic rings. The van der Waals surface area contributed by atoms with E-state index in [4.69, 9.17) is 16.7 Å². The third-order valence-corrected chi connectivity index (χ3v) is 4.50. The summed E-state index contributed by atoms with van der Waals surface area (Å²) in [6.45, 7) is 3.99. The number of anilines is 2. The van der Waals surface area contributed by atoms with Crippen LogP contribution in [0, 0.1) is 24.5 Å². The molecule has 0 saturated carbocycles. The SMILES string of the molecule is Cc1cc2nc(N)sc2cc1SC#N.Cc1cccc(N)c1. The van der Waals surface area contributed by atoms with Crippen LogP contribution in [0.5, 0.6) is 0 Å². The highest BCUT2D eigenvalue weighted by Crippen LogP contribution is 2.31. The van der Waals surface area contributed by atoms with Gasteiger partial charge in [-0.15, -0.1) is 0 Å². The van der Waals surface area contributed by atoms with E-state index in [9.17, 15) is 0 Å². The van der Waals surface area contributed by atoms with E-state index < -0.39 is 0 Å². The van der Waals surface area contributed by atoms with E-state index in [1.165, 1.54) is 28.7 Å². The molecule has 0 atom stereocenters. The third-order valence-electron chi connectivity index (χ3n) is 2.90. The molecule has 0 amide bonds. The zero-order valence-corrected chi connectivity index (χ0v) is 14.0. The molecule has 3 rings (SSSR count). The number of rotatable bonds is 1. The van der Waals surface area contributed by atoms with Gasteiger partial charge in [-0.2, -0.15) is 5.26 Å². The van der Waals surface area contributed by atoms with E-state index in [0.29, 0.717) is 5.13 Å². The molecule has 0 saturated heterocycles. The van der Waals surface area contributed by atoms with Crippen molar-refractivity contribution in [3.63, 3.8) is 0 Å². The number of thiocyanates is 1. The number of aromatic nitrogens is 1. The molecule has 1 aromatic heterocycles. The number of thioether (sulfide) groups is 1. The summed E-state index contributed by atoms with van der Waals surface area (Å²) in [6, 6.07) is 11.7. The Morgan fingerprint density at radius 1 is 1.18 bits per heavy atom. The molecule has 4 N–H and O–H groups in total. The second kappa shape index (κ2) is 7.16. The first-order chi connectivity index (χ1) is 10.5. The Bertz CT molecular complexity index is 817. The van der Waals surface area contributed by atoms with Crippen LogP contribution in [0.3, 0.4) is 0 Å². The Kier molecular flexibility index (Phi) is 5.26. The average molecular weight is 328 g/mol. The van der Waals surface area contributed by atoms with Crippen LogP contribution >= 0.6 is 23.1 Å². The molecule has 0 radical (unpaired) electrons. The highest BCUT2D eigenvalue weighted by molar-refractivity contribution is 8.03. The number of thiazole rings is 1. The number of hydrogen-bond acceptors (Lipinski definition) is 6. The molecular weight excluding hydrogens is 312 g/mol. The number of nitrogens with zero attached hydrogens (tertiary/aromatic N) is 2. The summed E-state index contributed by atoms with van der Waals surface area (Å²) in [5.74, 6) is 0. The zero-order chi connectivity index (χ0) is 16.1. The first kappa shape index (κ1) is 16.1. The maximum Gasteiger partial charge on any atom is 0.181 e. The Labute approximate surface area is 137 Å². The smallest absolute Gasteiger partial charge is 0.181 e. The van der Waals surface area contributed by atoms with Crippen molar-refractivity contribution in [1.29, 1.82) is 5.26 Å². The Hall–Kier alpha value is -2.23. The Balaban J connectivity index is 0.000000188. The predicted molar refractivity (Wildman–Crippen MR) is 95.8 cm³/mol. The summed E-state index contributed by atoms with van der Waals surface area (Å²) in [5, 5.41) is 11.2. The minimum Gasteiger partial charge on any atom is -0.399 e. The van der Waals surface area contributed by atoms with Crippen LogP contribution in [0.4, 0.5) is 10.8 Å². The van der Waals surface area contributed by atoms with Crippen LogP contribution in [0.2, 0.25) is 0 Å². The molecule has 0 spiro atoms. The Morgan fingerprint density at radius 3 is 2.55 bits per heavy atom. The lowest BCUT2D eigenvalue weighted by Crippen LogP contribution is -1.82. The van der Waals surface area contributed by atoms with E-state index in [1.807, 2.05) is 50.2 Å². The minimum absolute atomic E-state index is 0.568. The quantitative estimate of drug-likeness (QED) is 0.394. The number of benzene rings is 2. The standard InChI is InChI=1S/C9H7N3S2.C7H9N/c1-5-2-6-8(14-9(11)12-6)3-7(5)13-4-10;1-6-3-2-4-7(8)5-6/h2-3H,1H3,(H2,11,12);2-5H,8H2,1H3. The predicted octanol–water partition coefficient (Wildman–Crippen LogP) is 4.34. The molecule has 6 heteroatoms. The van der Waals surface area contributed by atoms with Crippen LogP contribution in [-0.4, -0.2) is 4.98 Å². The van der Waals surface area contributed by atoms with Crippen LogP contribution < -0.4 is 11.5 Å². The lowest BCUT2D eigenvalue weighted by Gasteiger charge is -1.98. The number of aryl methyl sites for hydroxylation is 2. The molecule has 0 aliphatic carbocycles. The molecule has 2 aromatic carbocycles. The summed E-state index contributed by atoms with van der Waals surface area (Å²) >= 11 is 2.61. The summed E-state index contributed by atoms with van der Waals surface area (Å²) in [5.41, 5.74) is 15.1. The number of hydrogen-bond donors (Lipinski definition) is 2. The van der Waals surface area contributed by atoms with Crippen LogP contribution in [-0.2, 0) is 0 Å². The fourth-order valence-electron chi connectivity index (χ4n) is 1.91. The fraction of sp³-hybridized carbons (Fsp3) is 0.125. The number of nitriles is 1. The summed E-state index contributed by atoms with van der Waals surface area (Å²) in [4.78, 5) is 5.15. The van der Waals surface area contributed by atoms with E-state index in [-0.39, 0.29) is 0 Å². The number of fused-ring (bicyclic) bond motifs is 1.